The van der Waals surface area contributed by atoms with Crippen molar-refractivity contribution in [3.8, 4) is 0 Å². The van der Waals surface area contributed by atoms with E-state index in [1.807, 2.05) is 12.1 Å². The zero-order valence-electron chi connectivity index (χ0n) is 12.8. The van der Waals surface area contributed by atoms with Gasteiger partial charge in [0.15, 0.2) is 5.11 Å². The van der Waals surface area contributed by atoms with Crippen molar-refractivity contribution in [3.63, 3.8) is 0 Å². The molecular formula is C17H24N2OS. The fraction of sp³-hybridized carbons (Fsp3) is 0.529. The van der Waals surface area contributed by atoms with Crippen LogP contribution < -0.4 is 10.6 Å². The summed E-state index contributed by atoms with van der Waals surface area (Å²) in [5.41, 5.74) is 2.20. The lowest BCUT2D eigenvalue weighted by Crippen LogP contribution is -2.38. The van der Waals surface area contributed by atoms with Gasteiger partial charge in [0.05, 0.1) is 0 Å². The van der Waals surface area contributed by atoms with Crippen LogP contribution in [0.5, 0.6) is 0 Å². The minimum absolute atomic E-state index is 0.0611. The van der Waals surface area contributed by atoms with Crippen molar-refractivity contribution in [2.45, 2.75) is 51.9 Å². The number of carbonyl (C=O) groups excluding carboxylic acids is 1. The lowest BCUT2D eigenvalue weighted by atomic mass is 9.89. The van der Waals surface area contributed by atoms with Crippen molar-refractivity contribution in [2.75, 3.05) is 5.32 Å². The highest BCUT2D eigenvalue weighted by Crippen LogP contribution is 2.23. The molecule has 1 aliphatic rings. The van der Waals surface area contributed by atoms with E-state index in [0.29, 0.717) is 11.0 Å². The highest BCUT2D eigenvalue weighted by Gasteiger charge is 2.21. The summed E-state index contributed by atoms with van der Waals surface area (Å²) in [6, 6.07) is 8.15. The van der Waals surface area contributed by atoms with Crippen LogP contribution in [-0.2, 0) is 4.79 Å². The van der Waals surface area contributed by atoms with Crippen LogP contribution in [0.25, 0.3) is 0 Å². The van der Waals surface area contributed by atoms with Crippen molar-refractivity contribution in [1.29, 1.82) is 0 Å². The molecule has 0 heterocycles. The topological polar surface area (TPSA) is 41.1 Å². The number of anilines is 1. The minimum atomic E-state index is 0.0611. The van der Waals surface area contributed by atoms with E-state index < -0.39 is 0 Å². The first-order chi connectivity index (χ1) is 10.1. The Labute approximate surface area is 132 Å². The Balaban J connectivity index is 1.84. The van der Waals surface area contributed by atoms with Gasteiger partial charge in [0.1, 0.15) is 0 Å². The SMILES string of the molecule is CC(C)c1ccc(NC(=S)NC(=O)C2CCCCC2)cc1. The third kappa shape index (κ3) is 4.81. The van der Waals surface area contributed by atoms with Crippen LogP contribution in [0.3, 0.4) is 0 Å². The first-order valence-electron chi connectivity index (χ1n) is 7.78. The summed E-state index contributed by atoms with van der Waals surface area (Å²) in [6.07, 6.45) is 5.51. The zero-order chi connectivity index (χ0) is 15.2. The van der Waals surface area contributed by atoms with E-state index in [4.69, 9.17) is 12.2 Å². The summed E-state index contributed by atoms with van der Waals surface area (Å²) in [7, 11) is 0. The molecular weight excluding hydrogens is 280 g/mol. The maximum absolute atomic E-state index is 12.1. The standard InChI is InChI=1S/C17H24N2OS/c1-12(2)13-8-10-15(11-9-13)18-17(21)19-16(20)14-6-4-3-5-7-14/h8-12,14H,3-7H2,1-2H3,(H2,18,19,20,21). The number of rotatable bonds is 3. The Morgan fingerprint density at radius 2 is 1.76 bits per heavy atom. The van der Waals surface area contributed by atoms with Gasteiger partial charge in [-0.2, -0.15) is 0 Å². The van der Waals surface area contributed by atoms with Gasteiger partial charge in [0, 0.05) is 11.6 Å². The molecule has 2 rings (SSSR count). The summed E-state index contributed by atoms with van der Waals surface area (Å²) in [4.78, 5) is 12.1. The second kappa shape index (κ2) is 7.55. The molecule has 1 aromatic carbocycles. The molecule has 1 fully saturated rings. The predicted molar refractivity (Wildman–Crippen MR) is 91.5 cm³/mol. The van der Waals surface area contributed by atoms with Crippen LogP contribution in [0.2, 0.25) is 0 Å². The van der Waals surface area contributed by atoms with Crippen LogP contribution >= 0.6 is 12.2 Å². The molecule has 0 spiro atoms. The monoisotopic (exact) mass is 304 g/mol. The molecule has 0 aliphatic heterocycles. The van der Waals surface area contributed by atoms with E-state index in [-0.39, 0.29) is 11.8 Å². The van der Waals surface area contributed by atoms with E-state index in [0.717, 1.165) is 31.4 Å². The first kappa shape index (κ1) is 16.0. The molecule has 0 saturated heterocycles. The fourth-order valence-electron chi connectivity index (χ4n) is 2.69. The molecule has 114 valence electrons. The van der Waals surface area contributed by atoms with Crippen LogP contribution in [0.4, 0.5) is 5.69 Å². The molecule has 0 atom stereocenters. The average Bonchev–Trinajstić information content (AvgIpc) is 2.48. The first-order valence-corrected chi connectivity index (χ1v) is 8.19. The molecule has 0 aromatic heterocycles. The van der Waals surface area contributed by atoms with Crippen LogP contribution in [0.15, 0.2) is 24.3 Å². The van der Waals surface area contributed by atoms with Crippen molar-refractivity contribution >= 4 is 28.9 Å². The summed E-state index contributed by atoms with van der Waals surface area (Å²) >= 11 is 5.22. The maximum Gasteiger partial charge on any atom is 0.229 e. The molecule has 1 amide bonds. The van der Waals surface area contributed by atoms with Crippen LogP contribution in [-0.4, -0.2) is 11.0 Å². The number of carbonyl (C=O) groups is 1. The number of hydrogen-bond acceptors (Lipinski definition) is 2. The molecule has 1 saturated carbocycles. The van der Waals surface area contributed by atoms with Gasteiger partial charge in [0.2, 0.25) is 5.91 Å². The highest BCUT2D eigenvalue weighted by molar-refractivity contribution is 7.80. The van der Waals surface area contributed by atoms with E-state index in [9.17, 15) is 4.79 Å². The molecule has 1 aromatic rings. The molecule has 21 heavy (non-hydrogen) atoms. The number of hydrogen-bond donors (Lipinski definition) is 2. The molecule has 3 nitrogen and oxygen atoms in total. The van der Waals surface area contributed by atoms with Gasteiger partial charge < -0.3 is 10.6 Å². The number of benzene rings is 1. The van der Waals surface area contributed by atoms with Gasteiger partial charge in [-0.05, 0) is 48.7 Å². The lowest BCUT2D eigenvalue weighted by Gasteiger charge is -2.21. The summed E-state index contributed by atoms with van der Waals surface area (Å²) < 4.78 is 0. The second-order valence-electron chi connectivity index (χ2n) is 6.06. The van der Waals surface area contributed by atoms with E-state index in [2.05, 4.69) is 36.6 Å². The second-order valence-corrected chi connectivity index (χ2v) is 6.46. The molecule has 1 aliphatic carbocycles. The van der Waals surface area contributed by atoms with Crippen molar-refractivity contribution in [2.24, 2.45) is 5.92 Å². The lowest BCUT2D eigenvalue weighted by molar-refractivity contribution is -0.124. The highest BCUT2D eigenvalue weighted by atomic mass is 32.1. The predicted octanol–water partition coefficient (Wildman–Crippen LogP) is 4.20. The maximum atomic E-state index is 12.1. The number of amides is 1. The molecule has 4 heteroatoms. The smallest absolute Gasteiger partial charge is 0.229 e. The van der Waals surface area contributed by atoms with Gasteiger partial charge in [-0.25, -0.2) is 0 Å². The Morgan fingerprint density at radius 1 is 1.14 bits per heavy atom. The number of nitrogens with one attached hydrogen (secondary N) is 2. The van der Waals surface area contributed by atoms with Gasteiger partial charge >= 0.3 is 0 Å². The van der Waals surface area contributed by atoms with Crippen molar-refractivity contribution in [3.05, 3.63) is 29.8 Å². The fourth-order valence-corrected chi connectivity index (χ4v) is 2.91. The Bertz CT molecular complexity index is 490. The largest absolute Gasteiger partial charge is 0.332 e. The van der Waals surface area contributed by atoms with Gasteiger partial charge in [-0.15, -0.1) is 0 Å². The van der Waals surface area contributed by atoms with Crippen LogP contribution in [0.1, 0.15) is 57.4 Å². The van der Waals surface area contributed by atoms with Gasteiger partial charge in [0.25, 0.3) is 0 Å². The van der Waals surface area contributed by atoms with Crippen LogP contribution in [0, 0.1) is 5.92 Å². The summed E-state index contributed by atoms with van der Waals surface area (Å²) in [5.74, 6) is 0.699. The molecule has 2 N–H and O–H groups in total. The van der Waals surface area contributed by atoms with Crippen molar-refractivity contribution in [1.82, 2.24) is 5.32 Å². The van der Waals surface area contributed by atoms with Crippen molar-refractivity contribution < 1.29 is 4.79 Å². The average molecular weight is 304 g/mol. The molecule has 0 bridgehead atoms. The van der Waals surface area contributed by atoms with Gasteiger partial charge in [-0.3, -0.25) is 4.79 Å². The van der Waals surface area contributed by atoms with E-state index in [1.165, 1.54) is 12.0 Å². The van der Waals surface area contributed by atoms with E-state index >= 15 is 0 Å². The molecule has 0 unspecified atom stereocenters. The van der Waals surface area contributed by atoms with Gasteiger partial charge in [-0.1, -0.05) is 45.2 Å². The Morgan fingerprint density at radius 3 is 2.33 bits per heavy atom. The quantitative estimate of drug-likeness (QED) is 0.822. The third-order valence-corrected chi connectivity index (χ3v) is 4.25. The summed E-state index contributed by atoms with van der Waals surface area (Å²) in [5, 5.41) is 6.29. The minimum Gasteiger partial charge on any atom is -0.332 e. The normalized spacial score (nSPS) is 15.8. The molecule has 0 radical (unpaired) electrons. The third-order valence-electron chi connectivity index (χ3n) is 4.05. The summed E-state index contributed by atoms with van der Waals surface area (Å²) in [6.45, 7) is 4.33. The van der Waals surface area contributed by atoms with E-state index in [1.54, 1.807) is 0 Å². The number of thiocarbonyl (C=S) groups is 1. The Kier molecular flexibility index (Phi) is 5.74. The zero-order valence-corrected chi connectivity index (χ0v) is 13.6. The Hall–Kier alpha value is -1.42.